The van der Waals surface area contributed by atoms with E-state index < -0.39 is 14.8 Å². The molecule has 0 saturated carbocycles. The van der Waals surface area contributed by atoms with Crippen LogP contribution in [0.3, 0.4) is 0 Å². The van der Waals surface area contributed by atoms with Gasteiger partial charge in [-0.1, -0.05) is 176 Å². The average molecular weight is 579 g/mol. The van der Waals surface area contributed by atoms with Crippen molar-refractivity contribution in [3.8, 4) is 11.1 Å². The number of carbonyl (C=O) groups is 1. The van der Waals surface area contributed by atoms with Gasteiger partial charge in [0.15, 0.2) is 5.78 Å². The third-order valence-corrected chi connectivity index (χ3v) is 15.4. The summed E-state index contributed by atoms with van der Waals surface area (Å²) in [6, 6.07) is 61.4. The molecule has 0 atom stereocenters. The van der Waals surface area contributed by atoms with Crippen LogP contribution in [0.1, 0.15) is 10.4 Å². The molecule has 42 heavy (non-hydrogen) atoms. The first kappa shape index (κ1) is 27.9. The fourth-order valence-corrected chi connectivity index (χ4v) is 14.0. The summed E-state index contributed by atoms with van der Waals surface area (Å²) < 4.78 is 0. The van der Waals surface area contributed by atoms with E-state index in [1.807, 2.05) is 30.3 Å². The number of Topliss-reactive ketones (excluding diaryl/α,β-unsaturated/α-hetero) is 1. The minimum absolute atomic E-state index is 0.0757. The lowest BCUT2D eigenvalue weighted by atomic mass is 10.0. The van der Waals surface area contributed by atoms with E-state index in [1.54, 1.807) is 0 Å². The molecule has 204 valence electrons. The molecule has 0 heterocycles. The van der Waals surface area contributed by atoms with Gasteiger partial charge in [-0.15, -0.1) is 0 Å². The van der Waals surface area contributed by atoms with Gasteiger partial charge in [0.1, 0.15) is 0 Å². The molecule has 0 unspecified atom stereocenters. The molecule has 0 aliphatic rings. The van der Waals surface area contributed by atoms with Gasteiger partial charge in [-0.3, -0.25) is 4.79 Å². The van der Waals surface area contributed by atoms with Crippen LogP contribution in [0.4, 0.5) is 0 Å². The molecular formula is C39H32OP2. The zero-order valence-corrected chi connectivity index (χ0v) is 25.1. The summed E-state index contributed by atoms with van der Waals surface area (Å²) in [6.07, 6.45) is 0. The van der Waals surface area contributed by atoms with Crippen LogP contribution in [0.15, 0.2) is 176 Å². The maximum atomic E-state index is 14.3. The average Bonchev–Trinajstić information content (AvgIpc) is 3.08. The Labute approximate surface area is 250 Å². The van der Waals surface area contributed by atoms with E-state index in [0.717, 1.165) is 22.6 Å². The molecule has 0 radical (unpaired) electrons. The van der Waals surface area contributed by atoms with Gasteiger partial charge in [0.05, 0.1) is 0 Å². The highest BCUT2D eigenvalue weighted by atomic mass is 31.2. The lowest BCUT2D eigenvalue weighted by molar-refractivity contribution is 0.107. The molecule has 0 bridgehead atoms. The van der Waals surface area contributed by atoms with Gasteiger partial charge >= 0.3 is 0 Å². The molecule has 3 heteroatoms. The molecule has 0 spiro atoms. The van der Waals surface area contributed by atoms with Gasteiger partial charge in [-0.2, -0.15) is 0 Å². The first-order valence-electron chi connectivity index (χ1n) is 14.2. The second-order valence-electron chi connectivity index (χ2n) is 10.2. The smallest absolute Gasteiger partial charge is 0.186 e. The number of rotatable bonds is 9. The van der Waals surface area contributed by atoms with Crippen LogP contribution in [0, 0.1) is 0 Å². The Morgan fingerprint density at radius 1 is 0.476 bits per heavy atom. The predicted octanol–water partition coefficient (Wildman–Crippen LogP) is 8.10. The fraction of sp³-hybridized carbons (Fsp3) is 0.0256. The lowest BCUT2D eigenvalue weighted by Gasteiger charge is -2.32. The quantitative estimate of drug-likeness (QED) is 0.125. The first-order valence-corrected chi connectivity index (χ1v) is 17.7. The van der Waals surface area contributed by atoms with E-state index >= 15 is 0 Å². The van der Waals surface area contributed by atoms with Gasteiger partial charge in [-0.05, 0) is 52.9 Å². The highest BCUT2D eigenvalue weighted by molar-refractivity contribution is 7.98. The van der Waals surface area contributed by atoms with Crippen LogP contribution in [0.2, 0.25) is 0 Å². The molecule has 6 aromatic rings. The van der Waals surface area contributed by atoms with Gasteiger partial charge in [0, 0.05) is 11.5 Å². The number of ketones is 1. The summed E-state index contributed by atoms with van der Waals surface area (Å²) in [7, 11) is -0.755. The zero-order chi connectivity index (χ0) is 28.6. The maximum Gasteiger partial charge on any atom is 0.186 e. The largest absolute Gasteiger partial charge is 0.289 e. The van der Waals surface area contributed by atoms with E-state index in [9.17, 15) is 4.79 Å². The number of benzene rings is 6. The molecule has 0 N–H and O–H groups in total. The van der Waals surface area contributed by atoms with Crippen LogP contribution < -0.4 is 21.2 Å². The summed E-state index contributed by atoms with van der Waals surface area (Å²) in [4.78, 5) is 14.3. The van der Waals surface area contributed by atoms with E-state index in [-0.39, 0.29) is 5.78 Å². The molecule has 6 aromatic carbocycles. The molecule has 0 aliphatic heterocycles. The highest BCUT2D eigenvalue weighted by Gasteiger charge is 2.29. The van der Waals surface area contributed by atoms with Crippen molar-refractivity contribution < 1.29 is 4.79 Å². The van der Waals surface area contributed by atoms with E-state index in [2.05, 4.69) is 151 Å². The molecule has 0 saturated heterocycles. The second kappa shape index (κ2) is 13.1. The lowest BCUT2D eigenvalue weighted by Crippen LogP contribution is -2.26. The Morgan fingerprint density at radius 3 is 1.31 bits per heavy atom. The predicted molar refractivity (Wildman–Crippen MR) is 185 cm³/mol. The Morgan fingerprint density at radius 2 is 0.857 bits per heavy atom. The molecular weight excluding hydrogens is 546 g/mol. The summed E-state index contributed by atoms with van der Waals surface area (Å²) >= 11 is 0. The maximum absolute atomic E-state index is 14.3. The van der Waals surface area contributed by atoms with Crippen molar-refractivity contribution in [2.45, 2.75) is 0 Å². The second-order valence-corrected chi connectivity index (χ2v) is 16.3. The van der Waals surface area contributed by atoms with Crippen molar-refractivity contribution in [3.63, 3.8) is 0 Å². The monoisotopic (exact) mass is 578 g/mol. The Balaban J connectivity index is 1.53. The van der Waals surface area contributed by atoms with Crippen molar-refractivity contribution in [1.29, 1.82) is 0 Å². The van der Waals surface area contributed by atoms with Crippen molar-refractivity contribution in [1.82, 2.24) is 0 Å². The third-order valence-electron chi connectivity index (χ3n) is 7.55. The molecule has 0 aliphatic carbocycles. The minimum Gasteiger partial charge on any atom is -0.289 e. The van der Waals surface area contributed by atoms with Crippen LogP contribution in [0.5, 0.6) is 0 Å². The summed E-state index contributed by atoms with van der Waals surface area (Å²) in [5.41, 5.74) is 2.97. The Bertz CT molecular complexity index is 1700. The number of hydrogen-bond acceptors (Lipinski definition) is 1. The van der Waals surface area contributed by atoms with Crippen molar-refractivity contribution >= 4 is 47.6 Å². The van der Waals surface area contributed by atoms with Crippen LogP contribution >= 0.6 is 14.8 Å². The number of hydrogen-bond donors (Lipinski definition) is 0. The summed E-state index contributed by atoms with van der Waals surface area (Å²) in [5.74, 6) is 3.04. The molecule has 6 rings (SSSR count). The van der Waals surface area contributed by atoms with E-state index in [0.29, 0.717) is 0 Å². The minimum atomic E-state index is -2.33. The van der Waals surface area contributed by atoms with Gasteiger partial charge in [-0.25, -0.2) is 0 Å². The van der Waals surface area contributed by atoms with Gasteiger partial charge in [0.25, 0.3) is 0 Å². The Hall–Kier alpha value is -4.28. The first-order chi connectivity index (χ1) is 20.7. The van der Waals surface area contributed by atoms with E-state index in [4.69, 9.17) is 0 Å². The van der Waals surface area contributed by atoms with Crippen LogP contribution in [0.25, 0.3) is 11.1 Å². The number of carbonyl (C=O) groups excluding carboxylic acids is 1. The molecule has 0 fully saturated rings. The van der Waals surface area contributed by atoms with Gasteiger partial charge in [0.2, 0.25) is 0 Å². The standard InChI is InChI=1S/C39H32OP2/c40-39(34-28-26-33(27-29-34)32-16-6-1-7-17-32)30-42(37-22-12-4-13-23-37,38-24-14-5-15-25-38)31-41(35-18-8-2-9-19-35)36-20-10-3-11-21-36/h1-30H,31H2. The van der Waals surface area contributed by atoms with Crippen LogP contribution in [-0.4, -0.2) is 17.5 Å². The summed E-state index contributed by atoms with van der Waals surface area (Å²) in [6.45, 7) is -2.33. The zero-order valence-electron chi connectivity index (χ0n) is 23.3. The normalized spacial score (nSPS) is 11.3. The fourth-order valence-electron chi connectivity index (χ4n) is 5.37. The molecule has 0 amide bonds. The highest BCUT2D eigenvalue weighted by Crippen LogP contribution is 2.55. The molecule has 1 nitrogen and oxygen atoms in total. The Kier molecular flexibility index (Phi) is 8.72. The van der Waals surface area contributed by atoms with Crippen molar-refractivity contribution in [3.05, 3.63) is 181 Å². The summed E-state index contributed by atoms with van der Waals surface area (Å²) in [5, 5.41) is 5.10. The molecule has 0 aromatic heterocycles. The topological polar surface area (TPSA) is 17.1 Å². The van der Waals surface area contributed by atoms with E-state index in [1.165, 1.54) is 21.2 Å². The third kappa shape index (κ3) is 6.14. The van der Waals surface area contributed by atoms with Gasteiger partial charge < -0.3 is 0 Å². The van der Waals surface area contributed by atoms with Crippen molar-refractivity contribution in [2.75, 3.05) is 5.90 Å². The SMILES string of the molecule is O=C(C=P(CP(c1ccccc1)c1ccccc1)(c1ccccc1)c1ccccc1)c1ccc(-c2ccccc2)cc1. The van der Waals surface area contributed by atoms with Crippen molar-refractivity contribution in [2.24, 2.45) is 0 Å². The van der Waals surface area contributed by atoms with Crippen LogP contribution in [-0.2, 0) is 0 Å².